The number of anilines is 3. The number of fused-ring (bicyclic) bond motifs is 8. The molecule has 0 atom stereocenters. The molecule has 0 radical (unpaired) electrons. The first-order valence-corrected chi connectivity index (χ1v) is 18.8. The lowest BCUT2D eigenvalue weighted by Crippen LogP contribution is -2.09. The summed E-state index contributed by atoms with van der Waals surface area (Å²) in [5.41, 5.74) is 9.82. The summed E-state index contributed by atoms with van der Waals surface area (Å²) in [4.78, 5) is 2.36. The van der Waals surface area contributed by atoms with Gasteiger partial charge in [0.15, 0.2) is 0 Å². The summed E-state index contributed by atoms with van der Waals surface area (Å²) in [6, 6.07) is 67.8. The molecule has 0 spiro atoms. The van der Waals surface area contributed by atoms with E-state index in [1.165, 1.54) is 58.4 Å². The van der Waals surface area contributed by atoms with E-state index < -0.39 is 0 Å². The fourth-order valence-electron chi connectivity index (χ4n) is 8.11. The van der Waals surface area contributed by atoms with Gasteiger partial charge < -0.3 is 9.32 Å². The zero-order valence-electron chi connectivity index (χ0n) is 28.7. The Morgan fingerprint density at radius 1 is 0.396 bits per heavy atom. The van der Waals surface area contributed by atoms with Crippen LogP contribution in [0, 0.1) is 0 Å². The highest BCUT2D eigenvalue weighted by molar-refractivity contribution is 7.26. The molecule has 0 aliphatic carbocycles. The summed E-state index contributed by atoms with van der Waals surface area (Å²) < 4.78 is 9.51. The van der Waals surface area contributed by atoms with E-state index in [1.807, 2.05) is 11.3 Å². The molecule has 0 bridgehead atoms. The van der Waals surface area contributed by atoms with Crippen LogP contribution in [0.3, 0.4) is 0 Å². The van der Waals surface area contributed by atoms with Crippen LogP contribution < -0.4 is 4.90 Å². The van der Waals surface area contributed by atoms with Crippen molar-refractivity contribution in [3.8, 4) is 22.3 Å². The maximum Gasteiger partial charge on any atom is 0.143 e. The third-order valence-electron chi connectivity index (χ3n) is 10.6. The summed E-state index contributed by atoms with van der Waals surface area (Å²) in [6.45, 7) is 0. The van der Waals surface area contributed by atoms with Crippen molar-refractivity contribution in [1.29, 1.82) is 0 Å². The Bertz CT molecular complexity index is 3170. The van der Waals surface area contributed by atoms with E-state index in [0.29, 0.717) is 0 Å². The average molecular weight is 694 g/mol. The maximum atomic E-state index is 6.92. The first kappa shape index (κ1) is 30.0. The van der Waals surface area contributed by atoms with Gasteiger partial charge in [-0.15, -0.1) is 11.3 Å². The van der Waals surface area contributed by atoms with E-state index in [-0.39, 0.29) is 0 Å². The van der Waals surface area contributed by atoms with Gasteiger partial charge in [-0.2, -0.15) is 0 Å². The largest absolute Gasteiger partial charge is 0.455 e. The van der Waals surface area contributed by atoms with Crippen molar-refractivity contribution in [2.24, 2.45) is 0 Å². The minimum Gasteiger partial charge on any atom is -0.455 e. The van der Waals surface area contributed by atoms with Gasteiger partial charge in [-0.3, -0.25) is 0 Å². The molecule has 248 valence electrons. The van der Waals surface area contributed by atoms with E-state index >= 15 is 0 Å². The van der Waals surface area contributed by atoms with Gasteiger partial charge in [0.1, 0.15) is 11.2 Å². The molecule has 0 aliphatic rings. The molecular formula is C50H31NOS. The van der Waals surface area contributed by atoms with Crippen LogP contribution >= 0.6 is 11.3 Å². The van der Waals surface area contributed by atoms with Crippen molar-refractivity contribution < 1.29 is 4.42 Å². The van der Waals surface area contributed by atoms with Crippen LogP contribution in [0.25, 0.3) is 85.9 Å². The van der Waals surface area contributed by atoms with Crippen LogP contribution in [0.1, 0.15) is 0 Å². The van der Waals surface area contributed by atoms with Gasteiger partial charge in [0.2, 0.25) is 0 Å². The highest BCUT2D eigenvalue weighted by atomic mass is 32.1. The molecule has 0 aliphatic heterocycles. The molecule has 9 aromatic carbocycles. The van der Waals surface area contributed by atoms with Gasteiger partial charge >= 0.3 is 0 Å². The lowest BCUT2D eigenvalue weighted by Gasteiger charge is -2.26. The Labute approximate surface area is 310 Å². The summed E-state index contributed by atoms with van der Waals surface area (Å²) in [5.74, 6) is 0. The summed E-state index contributed by atoms with van der Waals surface area (Å²) >= 11 is 1.86. The molecule has 0 fully saturated rings. The van der Waals surface area contributed by atoms with E-state index in [4.69, 9.17) is 4.42 Å². The standard InChI is InChI=1S/C50H31NOS/c1-2-11-32(12-3-1)34-21-24-37(25-22-34)51(38-26-23-33-13-4-5-14-35(33)29-38)39-27-28-46-44(31-39)45-30-36-15-6-7-16-40(36)48(49(45)52-46)43-19-10-18-42-41-17-8-9-20-47(41)53-50(42)43/h1-31H. The topological polar surface area (TPSA) is 16.4 Å². The van der Waals surface area contributed by atoms with E-state index in [0.717, 1.165) is 44.6 Å². The zero-order valence-corrected chi connectivity index (χ0v) is 29.5. The second-order valence-corrected chi connectivity index (χ2v) is 14.7. The Kier molecular flexibility index (Phi) is 6.76. The first-order valence-electron chi connectivity index (χ1n) is 18.0. The van der Waals surface area contributed by atoms with Gasteiger partial charge in [-0.05, 0) is 87.3 Å². The van der Waals surface area contributed by atoms with Gasteiger partial charge in [-0.25, -0.2) is 0 Å². The molecule has 0 saturated carbocycles. The second-order valence-electron chi connectivity index (χ2n) is 13.7. The van der Waals surface area contributed by atoms with Crippen molar-refractivity contribution in [3.05, 3.63) is 188 Å². The molecule has 0 unspecified atom stereocenters. The summed E-state index contributed by atoms with van der Waals surface area (Å²) in [7, 11) is 0. The minimum atomic E-state index is 0.877. The number of benzene rings is 9. The van der Waals surface area contributed by atoms with Gasteiger partial charge in [-0.1, -0.05) is 133 Å². The molecule has 2 nitrogen and oxygen atoms in total. The molecular weight excluding hydrogens is 663 g/mol. The smallest absolute Gasteiger partial charge is 0.143 e. The number of thiophene rings is 1. The highest BCUT2D eigenvalue weighted by Crippen LogP contribution is 2.47. The van der Waals surface area contributed by atoms with Crippen molar-refractivity contribution in [3.63, 3.8) is 0 Å². The second kappa shape index (κ2) is 11.9. The molecule has 53 heavy (non-hydrogen) atoms. The lowest BCUT2D eigenvalue weighted by atomic mass is 9.94. The number of hydrogen-bond acceptors (Lipinski definition) is 3. The predicted molar refractivity (Wildman–Crippen MR) is 227 cm³/mol. The molecule has 11 rings (SSSR count). The lowest BCUT2D eigenvalue weighted by molar-refractivity contribution is 0.670. The molecule has 2 aromatic heterocycles. The monoisotopic (exact) mass is 693 g/mol. The zero-order chi connectivity index (χ0) is 34.9. The molecule has 0 saturated heterocycles. The Balaban J connectivity index is 1.14. The third-order valence-corrected chi connectivity index (χ3v) is 11.8. The van der Waals surface area contributed by atoms with Crippen molar-refractivity contribution >= 4 is 92.1 Å². The number of furan rings is 1. The predicted octanol–water partition coefficient (Wildman–Crippen LogP) is 15.1. The summed E-state index contributed by atoms with van der Waals surface area (Å²) in [6.07, 6.45) is 0. The van der Waals surface area contributed by atoms with Crippen LogP contribution in [0.4, 0.5) is 17.1 Å². The number of nitrogens with zero attached hydrogens (tertiary/aromatic N) is 1. The fourth-order valence-corrected chi connectivity index (χ4v) is 9.33. The van der Waals surface area contributed by atoms with Gasteiger partial charge in [0.05, 0.1) is 0 Å². The third kappa shape index (κ3) is 4.86. The SMILES string of the molecule is c1ccc(-c2ccc(N(c3ccc4ccccc4c3)c3ccc4oc5c(-c6cccc7c6sc6ccccc67)c6ccccc6cc5c4c3)cc2)cc1. The van der Waals surface area contributed by atoms with Crippen molar-refractivity contribution in [2.45, 2.75) is 0 Å². The number of hydrogen-bond donors (Lipinski definition) is 0. The molecule has 2 heterocycles. The van der Waals surface area contributed by atoms with Crippen LogP contribution in [0.15, 0.2) is 192 Å². The quantitative estimate of drug-likeness (QED) is 0.178. The normalized spacial score (nSPS) is 11.8. The number of rotatable bonds is 5. The fraction of sp³-hybridized carbons (Fsp3) is 0. The van der Waals surface area contributed by atoms with E-state index in [9.17, 15) is 0 Å². The van der Waals surface area contributed by atoms with Crippen LogP contribution in [0.5, 0.6) is 0 Å². The van der Waals surface area contributed by atoms with E-state index in [1.54, 1.807) is 0 Å². The minimum absolute atomic E-state index is 0.877. The van der Waals surface area contributed by atoms with Crippen LogP contribution in [0.2, 0.25) is 0 Å². The van der Waals surface area contributed by atoms with Crippen molar-refractivity contribution in [1.82, 2.24) is 0 Å². The molecule has 0 N–H and O–H groups in total. The average Bonchev–Trinajstić information content (AvgIpc) is 3.79. The Morgan fingerprint density at radius 3 is 1.92 bits per heavy atom. The first-order chi connectivity index (χ1) is 26.3. The van der Waals surface area contributed by atoms with Crippen LogP contribution in [-0.2, 0) is 0 Å². The molecule has 11 aromatic rings. The highest BCUT2D eigenvalue weighted by Gasteiger charge is 2.21. The van der Waals surface area contributed by atoms with Gasteiger partial charge in [0.25, 0.3) is 0 Å². The maximum absolute atomic E-state index is 6.92. The Morgan fingerprint density at radius 2 is 1.06 bits per heavy atom. The van der Waals surface area contributed by atoms with Gasteiger partial charge in [0, 0.05) is 59.1 Å². The summed E-state index contributed by atoms with van der Waals surface area (Å²) in [5, 5.41) is 9.62. The van der Waals surface area contributed by atoms with Crippen molar-refractivity contribution in [2.75, 3.05) is 4.90 Å². The van der Waals surface area contributed by atoms with Crippen LogP contribution in [-0.4, -0.2) is 0 Å². The molecule has 0 amide bonds. The van der Waals surface area contributed by atoms with E-state index in [2.05, 4.69) is 193 Å². The Hall–Kier alpha value is -6.68. The molecule has 3 heteroatoms.